The van der Waals surface area contributed by atoms with Gasteiger partial charge in [0.2, 0.25) is 5.62 Å². The first-order chi connectivity index (χ1) is 5.68. The lowest BCUT2D eigenvalue weighted by atomic mass is 10.9. The summed E-state index contributed by atoms with van der Waals surface area (Å²) in [4.78, 5) is 3.82. The summed E-state index contributed by atoms with van der Waals surface area (Å²) in [5.41, 5.74) is -1.89. The van der Waals surface area contributed by atoms with Gasteiger partial charge in [-0.25, -0.2) is 0 Å². The fourth-order valence-corrected chi connectivity index (χ4v) is 5.07. The standard InChI is InChI=1S/C6H15N2OPS2/c1-4-9-10(11,12-5-2)8-6-7-3/h6H,4-5H2,1-3H3,(H,7,8,11). The molecule has 12 heavy (non-hydrogen) atoms. The number of nitrogens with one attached hydrogen (secondary N) is 1. The molecule has 0 aromatic heterocycles. The second-order valence-electron chi connectivity index (χ2n) is 1.85. The molecule has 0 saturated carbocycles. The summed E-state index contributed by atoms with van der Waals surface area (Å²) in [5.74, 6) is 0.960. The lowest BCUT2D eigenvalue weighted by molar-refractivity contribution is 0.383. The Morgan fingerprint density at radius 2 is 2.33 bits per heavy atom. The van der Waals surface area contributed by atoms with E-state index in [1.54, 1.807) is 24.8 Å². The first-order valence-corrected chi connectivity index (χ1v) is 8.07. The van der Waals surface area contributed by atoms with E-state index in [0.29, 0.717) is 6.61 Å². The third-order valence-electron chi connectivity index (χ3n) is 0.943. The van der Waals surface area contributed by atoms with Crippen LogP contribution in [0.25, 0.3) is 0 Å². The number of rotatable bonds is 6. The predicted molar refractivity (Wildman–Crippen MR) is 61.6 cm³/mol. The number of hydrogen-bond acceptors (Lipinski definition) is 4. The molecule has 0 amide bonds. The molecule has 6 heteroatoms. The number of nitrogens with zero attached hydrogens (tertiary/aromatic N) is 1. The van der Waals surface area contributed by atoms with Crippen molar-refractivity contribution in [3.05, 3.63) is 0 Å². The SMILES string of the molecule is CCOP(=S)(NC=NC)SCC. The maximum Gasteiger partial charge on any atom is 0.211 e. The molecule has 0 aliphatic rings. The first kappa shape index (κ1) is 12.4. The van der Waals surface area contributed by atoms with Crippen molar-refractivity contribution in [1.29, 1.82) is 0 Å². The zero-order chi connectivity index (χ0) is 9.45. The summed E-state index contributed by atoms with van der Waals surface area (Å²) in [6.07, 6.45) is 1.61. The van der Waals surface area contributed by atoms with Crippen molar-refractivity contribution >= 4 is 35.1 Å². The topological polar surface area (TPSA) is 33.6 Å². The summed E-state index contributed by atoms with van der Waals surface area (Å²) in [5, 5.41) is 3.02. The molecule has 0 radical (unpaired) electrons. The highest BCUT2D eigenvalue weighted by Gasteiger charge is 2.14. The van der Waals surface area contributed by atoms with Crippen LogP contribution >= 0.6 is 17.0 Å². The van der Waals surface area contributed by atoms with Gasteiger partial charge in [0.1, 0.15) is 0 Å². The fourth-order valence-electron chi connectivity index (χ4n) is 0.580. The Hall–Kier alpha value is 0.430. The van der Waals surface area contributed by atoms with Crippen molar-refractivity contribution in [3.8, 4) is 0 Å². The molecule has 1 N–H and O–H groups in total. The molecule has 3 nitrogen and oxygen atoms in total. The van der Waals surface area contributed by atoms with Gasteiger partial charge in [0, 0.05) is 7.05 Å². The van der Waals surface area contributed by atoms with Crippen molar-refractivity contribution < 1.29 is 4.52 Å². The maximum atomic E-state index is 5.46. The molecule has 0 saturated heterocycles. The Bertz CT molecular complexity index is 176. The van der Waals surface area contributed by atoms with E-state index in [4.69, 9.17) is 16.3 Å². The van der Waals surface area contributed by atoms with E-state index < -0.39 is 5.62 Å². The molecule has 72 valence electrons. The fraction of sp³-hybridized carbons (Fsp3) is 0.833. The minimum absolute atomic E-state index is 0.648. The van der Waals surface area contributed by atoms with E-state index >= 15 is 0 Å². The monoisotopic (exact) mass is 226 g/mol. The van der Waals surface area contributed by atoms with E-state index in [2.05, 4.69) is 17.0 Å². The molecule has 0 aliphatic heterocycles. The molecule has 0 aromatic rings. The molecule has 0 heterocycles. The van der Waals surface area contributed by atoms with E-state index in [1.165, 1.54) is 0 Å². The summed E-state index contributed by atoms with van der Waals surface area (Å²) in [7, 11) is 1.70. The largest absolute Gasteiger partial charge is 0.327 e. The molecule has 0 aliphatic carbocycles. The molecule has 1 atom stereocenters. The number of aliphatic imine (C=N–C) groups is 1. The van der Waals surface area contributed by atoms with E-state index in [-0.39, 0.29) is 0 Å². The summed E-state index contributed by atoms with van der Waals surface area (Å²) < 4.78 is 5.46. The van der Waals surface area contributed by atoms with Crippen LogP contribution in [0.4, 0.5) is 0 Å². The van der Waals surface area contributed by atoms with Gasteiger partial charge in [-0.3, -0.25) is 4.99 Å². The van der Waals surface area contributed by atoms with Crippen LogP contribution in [0, 0.1) is 0 Å². The third-order valence-corrected chi connectivity index (χ3v) is 6.58. The molecular weight excluding hydrogens is 211 g/mol. The smallest absolute Gasteiger partial charge is 0.211 e. The van der Waals surface area contributed by atoms with Crippen LogP contribution in [-0.4, -0.2) is 25.7 Å². The zero-order valence-electron chi connectivity index (χ0n) is 7.61. The average Bonchev–Trinajstić information content (AvgIpc) is 2.02. The second kappa shape index (κ2) is 6.89. The van der Waals surface area contributed by atoms with E-state index in [9.17, 15) is 0 Å². The van der Waals surface area contributed by atoms with Crippen LogP contribution in [0.2, 0.25) is 0 Å². The molecule has 0 bridgehead atoms. The maximum absolute atomic E-state index is 5.46. The number of hydrogen-bond donors (Lipinski definition) is 1. The lowest BCUT2D eigenvalue weighted by Crippen LogP contribution is -2.07. The van der Waals surface area contributed by atoms with Gasteiger partial charge in [-0.1, -0.05) is 18.3 Å². The van der Waals surface area contributed by atoms with Crippen LogP contribution in [0.3, 0.4) is 0 Å². The molecule has 0 spiro atoms. The van der Waals surface area contributed by atoms with Gasteiger partial charge in [0.25, 0.3) is 0 Å². The van der Waals surface area contributed by atoms with Crippen molar-refractivity contribution in [1.82, 2.24) is 5.09 Å². The quantitative estimate of drug-likeness (QED) is 0.428. The third kappa shape index (κ3) is 5.14. The van der Waals surface area contributed by atoms with Gasteiger partial charge in [-0.05, 0) is 24.5 Å². The van der Waals surface area contributed by atoms with Crippen molar-refractivity contribution in [3.63, 3.8) is 0 Å². The molecule has 0 rings (SSSR count). The summed E-state index contributed by atoms with van der Waals surface area (Å²) >= 11 is 6.96. The lowest BCUT2D eigenvalue weighted by Gasteiger charge is -2.19. The minimum atomic E-state index is -1.89. The summed E-state index contributed by atoms with van der Waals surface area (Å²) in [6.45, 7) is 4.66. The Morgan fingerprint density at radius 1 is 1.67 bits per heavy atom. The van der Waals surface area contributed by atoms with Gasteiger partial charge >= 0.3 is 0 Å². The zero-order valence-corrected chi connectivity index (χ0v) is 10.1. The van der Waals surface area contributed by atoms with Crippen molar-refractivity contribution in [2.24, 2.45) is 4.99 Å². The minimum Gasteiger partial charge on any atom is -0.327 e. The van der Waals surface area contributed by atoms with Gasteiger partial charge in [0.15, 0.2) is 0 Å². The van der Waals surface area contributed by atoms with Gasteiger partial charge in [-0.15, -0.1) is 0 Å². The van der Waals surface area contributed by atoms with Crippen molar-refractivity contribution in [2.45, 2.75) is 13.8 Å². The van der Waals surface area contributed by atoms with E-state index in [0.717, 1.165) is 5.75 Å². The van der Waals surface area contributed by atoms with Crippen molar-refractivity contribution in [2.75, 3.05) is 19.4 Å². The second-order valence-corrected chi connectivity index (χ2v) is 8.75. The Balaban J connectivity index is 4.08. The highest BCUT2D eigenvalue weighted by molar-refractivity contribution is 8.68. The van der Waals surface area contributed by atoms with E-state index in [1.807, 2.05) is 6.92 Å². The molecule has 1 unspecified atom stereocenters. The first-order valence-electron chi connectivity index (χ1n) is 3.76. The predicted octanol–water partition coefficient (Wildman–Crippen LogP) is 2.25. The summed E-state index contributed by atoms with van der Waals surface area (Å²) in [6, 6.07) is 0. The molecular formula is C6H15N2OPS2. The highest BCUT2D eigenvalue weighted by Crippen LogP contribution is 2.55. The Morgan fingerprint density at radius 3 is 2.75 bits per heavy atom. The highest BCUT2D eigenvalue weighted by atomic mass is 32.9. The van der Waals surface area contributed by atoms with Gasteiger partial charge in [0.05, 0.1) is 12.9 Å². The Labute approximate surface area is 83.3 Å². The van der Waals surface area contributed by atoms with Crippen LogP contribution in [0.15, 0.2) is 4.99 Å². The van der Waals surface area contributed by atoms with Crippen LogP contribution in [0.1, 0.15) is 13.8 Å². The Kier molecular flexibility index (Phi) is 7.14. The van der Waals surface area contributed by atoms with Crippen LogP contribution < -0.4 is 5.09 Å². The van der Waals surface area contributed by atoms with Crippen LogP contribution in [0.5, 0.6) is 0 Å². The average molecular weight is 226 g/mol. The van der Waals surface area contributed by atoms with Gasteiger partial charge in [-0.2, -0.15) is 0 Å². The molecule has 0 fully saturated rings. The van der Waals surface area contributed by atoms with Gasteiger partial charge < -0.3 is 9.61 Å². The molecule has 0 aromatic carbocycles. The normalized spacial score (nSPS) is 16.2. The van der Waals surface area contributed by atoms with Crippen LogP contribution in [-0.2, 0) is 16.3 Å².